The zero-order valence-electron chi connectivity index (χ0n) is 8.32. The molecule has 0 fully saturated rings. The van der Waals surface area contributed by atoms with Crippen LogP contribution < -0.4 is 5.73 Å². The molecular formula is C8H19NO2S2. The molecule has 1 unspecified atom stereocenters. The zero-order valence-corrected chi connectivity index (χ0v) is 9.96. The van der Waals surface area contributed by atoms with Gasteiger partial charge in [0.1, 0.15) is 0 Å². The van der Waals surface area contributed by atoms with Crippen molar-refractivity contribution in [3.8, 4) is 0 Å². The highest BCUT2D eigenvalue weighted by molar-refractivity contribution is 8.00. The lowest BCUT2D eigenvalue weighted by atomic mass is 10.4. The summed E-state index contributed by atoms with van der Waals surface area (Å²) < 4.78 is 22.5. The molecule has 0 aliphatic rings. The summed E-state index contributed by atoms with van der Waals surface area (Å²) in [5, 5.41) is 0. The van der Waals surface area contributed by atoms with Crippen molar-refractivity contribution in [3.05, 3.63) is 0 Å². The number of rotatable bonds is 7. The van der Waals surface area contributed by atoms with E-state index in [1.807, 2.05) is 13.8 Å². The van der Waals surface area contributed by atoms with Gasteiger partial charge in [0.15, 0.2) is 9.84 Å². The average molecular weight is 225 g/mol. The predicted octanol–water partition coefficient (Wildman–Crippen LogP) is 0.892. The third kappa shape index (κ3) is 8.59. The van der Waals surface area contributed by atoms with Gasteiger partial charge in [-0.15, -0.1) is 0 Å². The summed E-state index contributed by atoms with van der Waals surface area (Å²) in [5.41, 5.74) is 5.53. The molecule has 3 nitrogen and oxygen atoms in total. The molecule has 0 aromatic carbocycles. The number of hydrogen-bond donors (Lipinski definition) is 1. The molecule has 13 heavy (non-hydrogen) atoms. The van der Waals surface area contributed by atoms with E-state index in [-0.39, 0.29) is 11.8 Å². The second-order valence-corrected chi connectivity index (χ2v) is 6.66. The Balaban J connectivity index is 3.53. The Morgan fingerprint density at radius 1 is 1.38 bits per heavy atom. The molecule has 0 aliphatic carbocycles. The van der Waals surface area contributed by atoms with Crippen LogP contribution in [0.2, 0.25) is 0 Å². The second kappa shape index (κ2) is 6.68. The van der Waals surface area contributed by atoms with Crippen LogP contribution >= 0.6 is 11.8 Å². The van der Waals surface area contributed by atoms with Gasteiger partial charge in [-0.3, -0.25) is 0 Å². The van der Waals surface area contributed by atoms with Crippen LogP contribution in [-0.4, -0.2) is 37.5 Å². The van der Waals surface area contributed by atoms with Gasteiger partial charge in [-0.05, 0) is 13.3 Å². The Labute approximate surface area is 85.4 Å². The van der Waals surface area contributed by atoms with Crippen LogP contribution in [0.5, 0.6) is 0 Å². The number of nitrogens with two attached hydrogens (primary N) is 1. The summed E-state index contributed by atoms with van der Waals surface area (Å²) in [7, 11) is -2.79. The molecule has 80 valence electrons. The molecule has 0 spiro atoms. The maximum absolute atomic E-state index is 11.2. The summed E-state index contributed by atoms with van der Waals surface area (Å²) in [5.74, 6) is 2.11. The second-order valence-electron chi connectivity index (χ2n) is 3.20. The van der Waals surface area contributed by atoms with Crippen molar-refractivity contribution in [1.82, 2.24) is 0 Å². The molecule has 5 heteroatoms. The van der Waals surface area contributed by atoms with Crippen molar-refractivity contribution in [2.24, 2.45) is 5.73 Å². The molecule has 0 aliphatic heterocycles. The fourth-order valence-corrected chi connectivity index (χ4v) is 3.72. The van der Waals surface area contributed by atoms with Crippen molar-refractivity contribution >= 4 is 21.6 Å². The van der Waals surface area contributed by atoms with E-state index in [0.717, 1.165) is 5.75 Å². The summed E-state index contributed by atoms with van der Waals surface area (Å²) in [6.07, 6.45) is 0.709. The van der Waals surface area contributed by atoms with Crippen LogP contribution in [0.25, 0.3) is 0 Å². The van der Waals surface area contributed by atoms with Gasteiger partial charge in [0, 0.05) is 23.3 Å². The topological polar surface area (TPSA) is 60.2 Å². The van der Waals surface area contributed by atoms with Gasteiger partial charge < -0.3 is 5.73 Å². The van der Waals surface area contributed by atoms with E-state index in [1.54, 1.807) is 11.8 Å². The molecule has 0 radical (unpaired) electrons. The van der Waals surface area contributed by atoms with Gasteiger partial charge in [-0.1, -0.05) is 6.92 Å². The highest BCUT2D eigenvalue weighted by atomic mass is 32.2. The van der Waals surface area contributed by atoms with Gasteiger partial charge in [-0.2, -0.15) is 11.8 Å². The van der Waals surface area contributed by atoms with Crippen LogP contribution in [0.3, 0.4) is 0 Å². The van der Waals surface area contributed by atoms with Gasteiger partial charge in [0.05, 0.1) is 5.75 Å². The fraction of sp³-hybridized carbons (Fsp3) is 1.00. The van der Waals surface area contributed by atoms with Crippen molar-refractivity contribution in [1.29, 1.82) is 0 Å². The molecule has 0 saturated heterocycles. The minimum absolute atomic E-state index is 0.152. The SMILES string of the molecule is CCCS(=O)(=O)CCSCC(C)N. The highest BCUT2D eigenvalue weighted by Gasteiger charge is 2.08. The van der Waals surface area contributed by atoms with E-state index in [9.17, 15) is 8.42 Å². The van der Waals surface area contributed by atoms with Crippen LogP contribution in [-0.2, 0) is 9.84 Å². The Hall–Kier alpha value is 0.260. The maximum Gasteiger partial charge on any atom is 0.151 e. The molecule has 0 rings (SSSR count). The van der Waals surface area contributed by atoms with Crippen molar-refractivity contribution in [2.75, 3.05) is 23.0 Å². The van der Waals surface area contributed by atoms with E-state index in [1.165, 1.54) is 0 Å². The van der Waals surface area contributed by atoms with Crippen LogP contribution in [0.15, 0.2) is 0 Å². The largest absolute Gasteiger partial charge is 0.327 e. The third-order valence-electron chi connectivity index (χ3n) is 1.43. The standard InChI is InChI=1S/C8H19NO2S2/c1-3-5-13(10,11)6-4-12-7-8(2)9/h8H,3-7,9H2,1-2H3. The Morgan fingerprint density at radius 3 is 2.46 bits per heavy atom. The fourth-order valence-electron chi connectivity index (χ4n) is 0.868. The molecule has 0 aromatic heterocycles. The number of thioether (sulfide) groups is 1. The lowest BCUT2D eigenvalue weighted by molar-refractivity contribution is 0.596. The van der Waals surface area contributed by atoms with Crippen molar-refractivity contribution < 1.29 is 8.42 Å². The van der Waals surface area contributed by atoms with E-state index in [0.29, 0.717) is 17.9 Å². The van der Waals surface area contributed by atoms with E-state index < -0.39 is 9.84 Å². The Morgan fingerprint density at radius 2 is 2.00 bits per heavy atom. The first-order chi connectivity index (χ1) is 5.98. The lowest BCUT2D eigenvalue weighted by Gasteiger charge is -2.04. The van der Waals surface area contributed by atoms with Gasteiger partial charge in [-0.25, -0.2) is 8.42 Å². The van der Waals surface area contributed by atoms with Gasteiger partial charge in [0.2, 0.25) is 0 Å². The van der Waals surface area contributed by atoms with Gasteiger partial charge >= 0.3 is 0 Å². The van der Waals surface area contributed by atoms with Crippen LogP contribution in [0.1, 0.15) is 20.3 Å². The third-order valence-corrected chi connectivity index (χ3v) is 4.80. The molecule has 0 heterocycles. The summed E-state index contributed by atoms with van der Waals surface area (Å²) in [6, 6.07) is 0.152. The molecule has 0 saturated carbocycles. The highest BCUT2D eigenvalue weighted by Crippen LogP contribution is 2.04. The minimum Gasteiger partial charge on any atom is -0.327 e. The first-order valence-electron chi connectivity index (χ1n) is 4.51. The molecule has 0 aromatic rings. The van der Waals surface area contributed by atoms with E-state index in [4.69, 9.17) is 5.73 Å². The monoisotopic (exact) mass is 225 g/mol. The Bertz CT molecular complexity index is 212. The quantitative estimate of drug-likeness (QED) is 0.654. The minimum atomic E-state index is -2.79. The van der Waals surface area contributed by atoms with Crippen molar-refractivity contribution in [3.63, 3.8) is 0 Å². The van der Waals surface area contributed by atoms with E-state index in [2.05, 4.69) is 0 Å². The molecule has 1 atom stereocenters. The predicted molar refractivity (Wildman–Crippen MR) is 59.9 cm³/mol. The number of hydrogen-bond acceptors (Lipinski definition) is 4. The molecule has 0 bridgehead atoms. The van der Waals surface area contributed by atoms with Crippen LogP contribution in [0, 0.1) is 0 Å². The van der Waals surface area contributed by atoms with Gasteiger partial charge in [0.25, 0.3) is 0 Å². The smallest absolute Gasteiger partial charge is 0.151 e. The summed E-state index contributed by atoms with van der Waals surface area (Å²) in [4.78, 5) is 0. The molecular weight excluding hydrogens is 206 g/mol. The average Bonchev–Trinajstić information content (AvgIpc) is 1.98. The van der Waals surface area contributed by atoms with E-state index >= 15 is 0 Å². The van der Waals surface area contributed by atoms with Crippen LogP contribution in [0.4, 0.5) is 0 Å². The number of sulfone groups is 1. The summed E-state index contributed by atoms with van der Waals surface area (Å²) in [6.45, 7) is 3.81. The molecule has 0 amide bonds. The molecule has 2 N–H and O–H groups in total. The lowest BCUT2D eigenvalue weighted by Crippen LogP contribution is -2.19. The Kier molecular flexibility index (Phi) is 6.81. The zero-order chi connectivity index (χ0) is 10.3. The van der Waals surface area contributed by atoms with Crippen molar-refractivity contribution in [2.45, 2.75) is 26.3 Å². The first kappa shape index (κ1) is 13.3. The normalized spacial score (nSPS) is 14.4. The maximum atomic E-state index is 11.2. The summed E-state index contributed by atoms with van der Waals surface area (Å²) >= 11 is 1.61. The first-order valence-corrected chi connectivity index (χ1v) is 7.49.